The molecule has 1 aromatic rings. The zero-order valence-electron chi connectivity index (χ0n) is 12.9. The van der Waals surface area contributed by atoms with Crippen LogP contribution in [0.5, 0.6) is 5.75 Å². The number of phenolic OH excluding ortho intramolecular Hbond substituents is 1. The number of hydrogen-bond donors (Lipinski definition) is 1. The predicted octanol–water partition coefficient (Wildman–Crippen LogP) is 3.71. The second kappa shape index (κ2) is 9.37. The highest BCUT2D eigenvalue weighted by molar-refractivity contribution is 9.10. The molecule has 0 aliphatic rings. The maximum absolute atomic E-state index is 9.53. The van der Waals surface area contributed by atoms with Gasteiger partial charge in [-0.3, -0.25) is 4.90 Å². The Labute approximate surface area is 131 Å². The number of benzene rings is 1. The average molecular weight is 343 g/mol. The Balaban J connectivity index is 2.44. The van der Waals surface area contributed by atoms with Crippen molar-refractivity contribution in [2.45, 2.75) is 33.7 Å². The Hall–Kier alpha value is -0.580. The van der Waals surface area contributed by atoms with Crippen LogP contribution in [0.2, 0.25) is 0 Å². The highest BCUT2D eigenvalue weighted by Crippen LogP contribution is 2.24. The van der Waals surface area contributed by atoms with E-state index in [4.69, 9.17) is 0 Å². The van der Waals surface area contributed by atoms with Crippen LogP contribution in [0.25, 0.3) is 0 Å². The molecule has 0 saturated heterocycles. The van der Waals surface area contributed by atoms with Gasteiger partial charge in [-0.25, -0.2) is 0 Å². The van der Waals surface area contributed by atoms with Gasteiger partial charge in [-0.15, -0.1) is 0 Å². The summed E-state index contributed by atoms with van der Waals surface area (Å²) in [5.74, 6) is 0.304. The van der Waals surface area contributed by atoms with Gasteiger partial charge in [-0.05, 0) is 72.8 Å². The van der Waals surface area contributed by atoms with Crippen molar-refractivity contribution in [2.75, 3.05) is 32.7 Å². The van der Waals surface area contributed by atoms with Crippen LogP contribution >= 0.6 is 15.9 Å². The summed E-state index contributed by atoms with van der Waals surface area (Å²) in [4.78, 5) is 4.91. The Bertz CT molecular complexity index is 394. The molecule has 0 saturated carbocycles. The van der Waals surface area contributed by atoms with E-state index in [2.05, 4.69) is 46.5 Å². The molecular formula is C16H27BrN2O. The topological polar surface area (TPSA) is 26.7 Å². The summed E-state index contributed by atoms with van der Waals surface area (Å²) >= 11 is 3.37. The van der Waals surface area contributed by atoms with E-state index in [0.717, 1.165) is 37.2 Å². The SMILES string of the molecule is CCN(CC)CCCN(CC)Cc1ccc(O)c(Br)c1. The molecule has 0 aliphatic heterocycles. The number of halogens is 1. The van der Waals surface area contributed by atoms with Crippen molar-refractivity contribution in [3.63, 3.8) is 0 Å². The van der Waals surface area contributed by atoms with Crippen LogP contribution in [0.1, 0.15) is 32.8 Å². The summed E-state index contributed by atoms with van der Waals surface area (Å²) in [7, 11) is 0. The fourth-order valence-corrected chi connectivity index (χ4v) is 2.74. The van der Waals surface area contributed by atoms with E-state index in [1.165, 1.54) is 18.5 Å². The lowest BCUT2D eigenvalue weighted by Gasteiger charge is -2.23. The van der Waals surface area contributed by atoms with Crippen molar-refractivity contribution in [3.05, 3.63) is 28.2 Å². The Morgan fingerprint density at radius 1 is 1.00 bits per heavy atom. The van der Waals surface area contributed by atoms with E-state index in [-0.39, 0.29) is 0 Å². The molecule has 1 N–H and O–H groups in total. The van der Waals surface area contributed by atoms with E-state index in [0.29, 0.717) is 5.75 Å². The van der Waals surface area contributed by atoms with Crippen molar-refractivity contribution in [3.8, 4) is 5.75 Å². The third-order valence-electron chi connectivity index (χ3n) is 3.71. The minimum atomic E-state index is 0.304. The molecule has 4 heteroatoms. The van der Waals surface area contributed by atoms with Crippen LogP contribution < -0.4 is 0 Å². The van der Waals surface area contributed by atoms with Crippen molar-refractivity contribution in [1.29, 1.82) is 0 Å². The molecule has 0 heterocycles. The van der Waals surface area contributed by atoms with Crippen molar-refractivity contribution in [2.24, 2.45) is 0 Å². The molecule has 20 heavy (non-hydrogen) atoms. The number of phenols is 1. The third kappa shape index (κ3) is 5.81. The van der Waals surface area contributed by atoms with Crippen LogP contribution in [-0.2, 0) is 6.54 Å². The van der Waals surface area contributed by atoms with Gasteiger partial charge in [0.15, 0.2) is 0 Å². The first-order chi connectivity index (χ1) is 9.60. The van der Waals surface area contributed by atoms with Gasteiger partial charge in [0.1, 0.15) is 5.75 Å². The minimum absolute atomic E-state index is 0.304. The fourth-order valence-electron chi connectivity index (χ4n) is 2.31. The van der Waals surface area contributed by atoms with Crippen molar-refractivity contribution in [1.82, 2.24) is 9.80 Å². The molecule has 0 aliphatic carbocycles. The normalized spacial score (nSPS) is 11.5. The summed E-state index contributed by atoms with van der Waals surface area (Å²) in [6.07, 6.45) is 1.20. The molecule has 0 aromatic heterocycles. The molecule has 1 aromatic carbocycles. The average Bonchev–Trinajstić information content (AvgIpc) is 2.46. The maximum atomic E-state index is 9.53. The van der Waals surface area contributed by atoms with Crippen LogP contribution in [0.4, 0.5) is 0 Å². The Morgan fingerprint density at radius 2 is 1.60 bits per heavy atom. The maximum Gasteiger partial charge on any atom is 0.129 e. The van der Waals surface area contributed by atoms with Gasteiger partial charge in [-0.1, -0.05) is 26.8 Å². The van der Waals surface area contributed by atoms with Gasteiger partial charge in [-0.2, -0.15) is 0 Å². The molecule has 0 radical (unpaired) electrons. The molecule has 0 amide bonds. The molecule has 0 unspecified atom stereocenters. The lowest BCUT2D eigenvalue weighted by atomic mass is 10.2. The predicted molar refractivity (Wildman–Crippen MR) is 89.2 cm³/mol. The first-order valence-corrected chi connectivity index (χ1v) is 8.32. The van der Waals surface area contributed by atoms with Gasteiger partial charge in [0.25, 0.3) is 0 Å². The van der Waals surface area contributed by atoms with Crippen LogP contribution in [0, 0.1) is 0 Å². The molecule has 3 nitrogen and oxygen atoms in total. The zero-order chi connectivity index (χ0) is 15.0. The number of aromatic hydroxyl groups is 1. The summed E-state index contributed by atoms with van der Waals surface area (Å²) in [5.41, 5.74) is 1.24. The van der Waals surface area contributed by atoms with E-state index in [1.54, 1.807) is 6.07 Å². The Morgan fingerprint density at radius 3 is 2.15 bits per heavy atom. The second-order valence-electron chi connectivity index (χ2n) is 5.03. The van der Waals surface area contributed by atoms with Gasteiger partial charge in [0.2, 0.25) is 0 Å². The number of hydrogen-bond acceptors (Lipinski definition) is 3. The van der Waals surface area contributed by atoms with Gasteiger partial charge >= 0.3 is 0 Å². The van der Waals surface area contributed by atoms with E-state index < -0.39 is 0 Å². The van der Waals surface area contributed by atoms with Crippen molar-refractivity contribution >= 4 is 15.9 Å². The third-order valence-corrected chi connectivity index (χ3v) is 4.34. The van der Waals surface area contributed by atoms with Crippen LogP contribution in [-0.4, -0.2) is 47.6 Å². The lowest BCUT2D eigenvalue weighted by Crippen LogP contribution is -2.29. The molecule has 0 bridgehead atoms. The monoisotopic (exact) mass is 342 g/mol. The molecular weight excluding hydrogens is 316 g/mol. The first kappa shape index (κ1) is 17.5. The summed E-state index contributed by atoms with van der Waals surface area (Å²) in [6, 6.07) is 5.75. The number of rotatable bonds is 9. The van der Waals surface area contributed by atoms with Gasteiger partial charge < -0.3 is 10.0 Å². The second-order valence-corrected chi connectivity index (χ2v) is 5.89. The highest BCUT2D eigenvalue weighted by atomic mass is 79.9. The summed E-state index contributed by atoms with van der Waals surface area (Å²) in [6.45, 7) is 13.2. The molecule has 1 rings (SSSR count). The fraction of sp³-hybridized carbons (Fsp3) is 0.625. The zero-order valence-corrected chi connectivity index (χ0v) is 14.5. The smallest absolute Gasteiger partial charge is 0.129 e. The molecule has 0 fully saturated rings. The van der Waals surface area contributed by atoms with E-state index in [9.17, 15) is 5.11 Å². The van der Waals surface area contributed by atoms with Crippen LogP contribution in [0.3, 0.4) is 0 Å². The quantitative estimate of drug-likeness (QED) is 0.740. The first-order valence-electron chi connectivity index (χ1n) is 7.52. The van der Waals surface area contributed by atoms with E-state index >= 15 is 0 Å². The molecule has 0 atom stereocenters. The van der Waals surface area contributed by atoms with Gasteiger partial charge in [0.05, 0.1) is 4.47 Å². The number of nitrogens with zero attached hydrogens (tertiary/aromatic N) is 2. The summed E-state index contributed by atoms with van der Waals surface area (Å²) < 4.78 is 0.772. The highest BCUT2D eigenvalue weighted by Gasteiger charge is 2.07. The van der Waals surface area contributed by atoms with Crippen LogP contribution in [0.15, 0.2) is 22.7 Å². The van der Waals surface area contributed by atoms with E-state index in [1.807, 2.05) is 12.1 Å². The Kier molecular flexibility index (Phi) is 8.19. The standard InChI is InChI=1S/C16H27BrN2O/c1-4-18(5-2)10-7-11-19(6-3)13-14-8-9-16(20)15(17)12-14/h8-9,12,20H,4-7,10-11,13H2,1-3H3. The largest absolute Gasteiger partial charge is 0.507 e. The molecule has 0 spiro atoms. The summed E-state index contributed by atoms with van der Waals surface area (Å²) in [5, 5.41) is 9.53. The lowest BCUT2D eigenvalue weighted by molar-refractivity contribution is 0.238. The van der Waals surface area contributed by atoms with Crippen molar-refractivity contribution < 1.29 is 5.11 Å². The van der Waals surface area contributed by atoms with Gasteiger partial charge in [0, 0.05) is 6.54 Å². The minimum Gasteiger partial charge on any atom is -0.507 e. The molecule has 114 valence electrons.